The number of aromatic nitrogens is 3. The van der Waals surface area contributed by atoms with Gasteiger partial charge in [0.25, 0.3) is 0 Å². The third kappa shape index (κ3) is 4.46. The van der Waals surface area contributed by atoms with Crippen molar-refractivity contribution in [2.75, 3.05) is 0 Å². The maximum atomic E-state index is 13.7. The van der Waals surface area contributed by atoms with Gasteiger partial charge in [0.2, 0.25) is 0 Å². The molecule has 118 valence electrons. The topological polar surface area (TPSA) is 42.7 Å². The highest BCUT2D eigenvalue weighted by molar-refractivity contribution is 9.10. The number of rotatable bonds is 6. The molecule has 23 heavy (non-hydrogen) atoms. The first kappa shape index (κ1) is 15.8. The van der Waals surface area contributed by atoms with Crippen LogP contribution in [0.1, 0.15) is 16.7 Å². The highest BCUT2D eigenvalue weighted by atomic mass is 79.9. The SMILES string of the molecule is Fc1ccc(Br)cc1CNCc1ccc(Cn2cncn2)cc1. The molecule has 1 aromatic heterocycles. The molecule has 0 amide bonds. The van der Waals surface area contributed by atoms with Gasteiger partial charge >= 0.3 is 0 Å². The Labute approximate surface area is 142 Å². The zero-order valence-corrected chi connectivity index (χ0v) is 14.0. The van der Waals surface area contributed by atoms with Crippen molar-refractivity contribution >= 4 is 15.9 Å². The number of benzene rings is 2. The summed E-state index contributed by atoms with van der Waals surface area (Å²) in [6, 6.07) is 13.2. The second-order valence-corrected chi connectivity index (χ2v) is 6.16. The molecule has 0 saturated heterocycles. The standard InChI is InChI=1S/C17H16BrFN4/c18-16-5-6-17(19)15(7-16)9-20-8-13-1-3-14(4-2-13)10-23-12-21-11-22-23/h1-7,11-12,20H,8-10H2. The Balaban J connectivity index is 1.53. The molecule has 3 aromatic rings. The summed E-state index contributed by atoms with van der Waals surface area (Å²) < 4.78 is 16.3. The Hall–Kier alpha value is -2.05. The second-order valence-electron chi connectivity index (χ2n) is 5.25. The van der Waals surface area contributed by atoms with Crippen molar-refractivity contribution in [3.8, 4) is 0 Å². The Morgan fingerprint density at radius 3 is 2.57 bits per heavy atom. The highest BCUT2D eigenvalue weighted by Gasteiger charge is 2.03. The van der Waals surface area contributed by atoms with Crippen LogP contribution in [0.2, 0.25) is 0 Å². The fraction of sp³-hybridized carbons (Fsp3) is 0.176. The Morgan fingerprint density at radius 1 is 1.04 bits per heavy atom. The lowest BCUT2D eigenvalue weighted by atomic mass is 10.1. The van der Waals surface area contributed by atoms with Crippen LogP contribution in [-0.4, -0.2) is 14.8 Å². The van der Waals surface area contributed by atoms with E-state index in [1.54, 1.807) is 23.1 Å². The molecule has 0 spiro atoms. The Morgan fingerprint density at radius 2 is 1.83 bits per heavy atom. The van der Waals surface area contributed by atoms with E-state index in [9.17, 15) is 4.39 Å². The number of halogens is 2. The first-order valence-electron chi connectivity index (χ1n) is 7.25. The first-order chi connectivity index (χ1) is 11.2. The van der Waals surface area contributed by atoms with Crippen molar-refractivity contribution in [1.29, 1.82) is 0 Å². The molecule has 0 aliphatic carbocycles. The van der Waals surface area contributed by atoms with Gasteiger partial charge in [0.05, 0.1) is 6.54 Å². The molecule has 4 nitrogen and oxygen atoms in total. The van der Waals surface area contributed by atoms with Crippen LogP contribution in [-0.2, 0) is 19.6 Å². The van der Waals surface area contributed by atoms with Crippen molar-refractivity contribution in [1.82, 2.24) is 20.1 Å². The largest absolute Gasteiger partial charge is 0.309 e. The summed E-state index contributed by atoms with van der Waals surface area (Å²) in [5.74, 6) is -0.191. The van der Waals surface area contributed by atoms with Crippen LogP contribution < -0.4 is 5.32 Å². The molecule has 0 aliphatic rings. The molecule has 6 heteroatoms. The Kier molecular flexibility index (Phi) is 5.15. The van der Waals surface area contributed by atoms with Crippen LogP contribution in [0.3, 0.4) is 0 Å². The van der Waals surface area contributed by atoms with Gasteiger partial charge in [-0.15, -0.1) is 0 Å². The number of nitrogens with zero attached hydrogens (tertiary/aromatic N) is 3. The smallest absolute Gasteiger partial charge is 0.137 e. The minimum atomic E-state index is -0.191. The zero-order chi connectivity index (χ0) is 16.1. The van der Waals surface area contributed by atoms with Gasteiger partial charge in [-0.2, -0.15) is 5.10 Å². The highest BCUT2D eigenvalue weighted by Crippen LogP contribution is 2.15. The molecule has 3 rings (SSSR count). The van der Waals surface area contributed by atoms with Gasteiger partial charge in [-0.05, 0) is 29.3 Å². The van der Waals surface area contributed by atoms with E-state index in [1.165, 1.54) is 12.4 Å². The number of hydrogen-bond acceptors (Lipinski definition) is 3. The lowest BCUT2D eigenvalue weighted by Crippen LogP contribution is -2.13. The predicted molar refractivity (Wildman–Crippen MR) is 90.2 cm³/mol. The minimum absolute atomic E-state index is 0.191. The maximum absolute atomic E-state index is 13.7. The summed E-state index contributed by atoms with van der Waals surface area (Å²) >= 11 is 3.36. The number of nitrogens with one attached hydrogen (secondary N) is 1. The van der Waals surface area contributed by atoms with E-state index in [0.29, 0.717) is 25.2 Å². The second kappa shape index (κ2) is 7.48. The molecular weight excluding hydrogens is 359 g/mol. The van der Waals surface area contributed by atoms with Gasteiger partial charge in [0.1, 0.15) is 18.5 Å². The molecule has 0 atom stereocenters. The van der Waals surface area contributed by atoms with Crippen molar-refractivity contribution in [2.45, 2.75) is 19.6 Å². The molecule has 0 unspecified atom stereocenters. The van der Waals surface area contributed by atoms with E-state index in [0.717, 1.165) is 15.6 Å². The average Bonchev–Trinajstić information content (AvgIpc) is 3.05. The van der Waals surface area contributed by atoms with E-state index in [2.05, 4.69) is 55.6 Å². The summed E-state index contributed by atoms with van der Waals surface area (Å²) in [5.41, 5.74) is 2.97. The maximum Gasteiger partial charge on any atom is 0.137 e. The normalized spacial score (nSPS) is 10.9. The van der Waals surface area contributed by atoms with Crippen molar-refractivity contribution in [3.63, 3.8) is 0 Å². The molecule has 2 aromatic carbocycles. The fourth-order valence-electron chi connectivity index (χ4n) is 2.28. The van der Waals surface area contributed by atoms with Gasteiger partial charge in [-0.25, -0.2) is 14.1 Å². The lowest BCUT2D eigenvalue weighted by molar-refractivity contribution is 0.587. The molecule has 0 radical (unpaired) electrons. The zero-order valence-electron chi connectivity index (χ0n) is 12.4. The van der Waals surface area contributed by atoms with E-state index >= 15 is 0 Å². The molecular formula is C17H16BrFN4. The summed E-state index contributed by atoms with van der Waals surface area (Å²) in [7, 11) is 0. The summed E-state index contributed by atoms with van der Waals surface area (Å²) in [5, 5.41) is 7.35. The van der Waals surface area contributed by atoms with Gasteiger partial charge in [-0.3, -0.25) is 0 Å². The lowest BCUT2D eigenvalue weighted by Gasteiger charge is -2.08. The van der Waals surface area contributed by atoms with E-state index in [4.69, 9.17) is 0 Å². The molecule has 0 aliphatic heterocycles. The molecule has 1 N–H and O–H groups in total. The fourth-order valence-corrected chi connectivity index (χ4v) is 2.69. The van der Waals surface area contributed by atoms with Crippen LogP contribution in [0.5, 0.6) is 0 Å². The predicted octanol–water partition coefficient (Wildman–Crippen LogP) is 3.52. The monoisotopic (exact) mass is 374 g/mol. The van der Waals surface area contributed by atoms with Crippen molar-refractivity contribution in [3.05, 3.63) is 82.1 Å². The van der Waals surface area contributed by atoms with E-state index in [1.807, 2.05) is 0 Å². The number of hydrogen-bond donors (Lipinski definition) is 1. The third-order valence-electron chi connectivity index (χ3n) is 3.49. The molecule has 0 bridgehead atoms. The van der Waals surface area contributed by atoms with Gasteiger partial charge in [-0.1, -0.05) is 40.2 Å². The van der Waals surface area contributed by atoms with Crippen LogP contribution in [0.25, 0.3) is 0 Å². The van der Waals surface area contributed by atoms with Crippen LogP contribution in [0.4, 0.5) is 4.39 Å². The minimum Gasteiger partial charge on any atom is -0.309 e. The molecule has 1 heterocycles. The van der Waals surface area contributed by atoms with Gasteiger partial charge < -0.3 is 5.32 Å². The van der Waals surface area contributed by atoms with E-state index < -0.39 is 0 Å². The van der Waals surface area contributed by atoms with Crippen LogP contribution in [0.15, 0.2) is 59.6 Å². The summed E-state index contributed by atoms with van der Waals surface area (Å²) in [6.07, 6.45) is 3.22. The van der Waals surface area contributed by atoms with Crippen LogP contribution in [0, 0.1) is 5.82 Å². The molecule has 0 saturated carbocycles. The summed E-state index contributed by atoms with van der Waals surface area (Å²) in [4.78, 5) is 3.93. The molecule has 0 fully saturated rings. The quantitative estimate of drug-likeness (QED) is 0.717. The van der Waals surface area contributed by atoms with Crippen molar-refractivity contribution in [2.24, 2.45) is 0 Å². The average molecular weight is 375 g/mol. The third-order valence-corrected chi connectivity index (χ3v) is 3.98. The van der Waals surface area contributed by atoms with Crippen molar-refractivity contribution < 1.29 is 4.39 Å². The van der Waals surface area contributed by atoms with Gasteiger partial charge in [0.15, 0.2) is 0 Å². The van der Waals surface area contributed by atoms with E-state index in [-0.39, 0.29) is 5.82 Å². The van der Waals surface area contributed by atoms with Crippen LogP contribution >= 0.6 is 15.9 Å². The van der Waals surface area contributed by atoms with Gasteiger partial charge in [0, 0.05) is 23.1 Å². The summed E-state index contributed by atoms with van der Waals surface area (Å²) in [6.45, 7) is 1.89. The first-order valence-corrected chi connectivity index (χ1v) is 8.05. The Bertz CT molecular complexity index is 757.